The SMILES string of the molecule is CCCCCCCCCCCCCCCC(C)[n+]1cc[nH]c1C(C)CCCCCCCCC. The molecule has 33 heavy (non-hydrogen) atoms. The van der Waals surface area contributed by atoms with Crippen LogP contribution in [-0.4, -0.2) is 4.98 Å². The molecule has 194 valence electrons. The first-order valence-electron chi connectivity index (χ1n) is 15.3. The molecule has 1 aromatic rings. The summed E-state index contributed by atoms with van der Waals surface area (Å²) in [5.74, 6) is 2.09. The smallest absolute Gasteiger partial charge is 0.247 e. The molecule has 0 saturated heterocycles. The van der Waals surface area contributed by atoms with Gasteiger partial charge in [0, 0.05) is 0 Å². The zero-order valence-electron chi connectivity index (χ0n) is 23.3. The summed E-state index contributed by atoms with van der Waals surface area (Å²) in [7, 11) is 0. The van der Waals surface area contributed by atoms with Crippen molar-refractivity contribution in [2.24, 2.45) is 0 Å². The number of aromatic amines is 1. The van der Waals surface area contributed by atoms with Crippen molar-refractivity contribution in [1.29, 1.82) is 0 Å². The van der Waals surface area contributed by atoms with Crippen molar-refractivity contribution in [3.05, 3.63) is 18.2 Å². The molecule has 0 saturated carbocycles. The molecule has 0 aliphatic rings. The van der Waals surface area contributed by atoms with Crippen molar-refractivity contribution in [3.8, 4) is 0 Å². The summed E-state index contributed by atoms with van der Waals surface area (Å²) in [5, 5.41) is 0. The summed E-state index contributed by atoms with van der Waals surface area (Å²) in [4.78, 5) is 3.57. The Hall–Kier alpha value is -0.790. The normalized spacial score (nSPS) is 13.5. The van der Waals surface area contributed by atoms with Crippen LogP contribution in [0.1, 0.15) is 187 Å². The maximum Gasteiger partial charge on any atom is 0.257 e. The maximum absolute atomic E-state index is 3.57. The fourth-order valence-electron chi connectivity index (χ4n) is 5.28. The van der Waals surface area contributed by atoms with E-state index in [1.165, 1.54) is 147 Å². The van der Waals surface area contributed by atoms with E-state index in [4.69, 9.17) is 0 Å². The van der Waals surface area contributed by atoms with E-state index in [0.717, 1.165) is 0 Å². The van der Waals surface area contributed by atoms with Gasteiger partial charge in [-0.3, -0.25) is 0 Å². The molecule has 1 rings (SSSR count). The summed E-state index contributed by atoms with van der Waals surface area (Å²) in [6.07, 6.45) is 35.6. The Morgan fingerprint density at radius 1 is 0.576 bits per heavy atom. The Bertz CT molecular complexity index is 521. The molecule has 1 N–H and O–H groups in total. The van der Waals surface area contributed by atoms with E-state index in [9.17, 15) is 0 Å². The van der Waals surface area contributed by atoms with Gasteiger partial charge in [0.05, 0.1) is 12.0 Å². The van der Waals surface area contributed by atoms with Crippen molar-refractivity contribution < 1.29 is 4.57 Å². The van der Waals surface area contributed by atoms with Crippen molar-refractivity contribution in [1.82, 2.24) is 4.98 Å². The zero-order chi connectivity index (χ0) is 24.0. The second-order valence-electron chi connectivity index (χ2n) is 10.9. The molecular weight excluding hydrogens is 400 g/mol. The van der Waals surface area contributed by atoms with Gasteiger partial charge in [0.1, 0.15) is 12.4 Å². The fourth-order valence-corrected chi connectivity index (χ4v) is 5.28. The molecule has 0 amide bonds. The molecule has 0 aliphatic heterocycles. The number of imidazole rings is 1. The minimum Gasteiger partial charge on any atom is -0.247 e. The standard InChI is InChI=1S/C31H60N2/c1-5-7-9-11-13-14-15-16-17-18-20-22-24-26-30(4)33-28-27-32-31(33)29(3)25-23-21-19-12-10-8-6-2/h27-30H,5-26H2,1-4H3/p+1. The summed E-state index contributed by atoms with van der Waals surface area (Å²) in [5.41, 5.74) is 0. The van der Waals surface area contributed by atoms with Gasteiger partial charge >= 0.3 is 0 Å². The number of hydrogen-bond donors (Lipinski definition) is 1. The van der Waals surface area contributed by atoms with E-state index in [0.29, 0.717) is 12.0 Å². The first kappa shape index (κ1) is 30.2. The highest BCUT2D eigenvalue weighted by atomic mass is 15.1. The highest BCUT2D eigenvalue weighted by Crippen LogP contribution is 2.21. The van der Waals surface area contributed by atoms with Gasteiger partial charge < -0.3 is 0 Å². The first-order valence-corrected chi connectivity index (χ1v) is 15.3. The number of rotatable bonds is 24. The third kappa shape index (κ3) is 15.7. The number of aromatic nitrogens is 2. The molecule has 2 atom stereocenters. The quantitative estimate of drug-likeness (QED) is 0.117. The van der Waals surface area contributed by atoms with Crippen molar-refractivity contribution in [2.75, 3.05) is 0 Å². The minimum absolute atomic E-state index is 0.621. The minimum atomic E-state index is 0.621. The first-order chi connectivity index (χ1) is 16.2. The molecular formula is C31H61N2+. The van der Waals surface area contributed by atoms with Gasteiger partial charge in [0.2, 0.25) is 0 Å². The average molecular weight is 462 g/mol. The summed E-state index contributed by atoms with van der Waals surface area (Å²) in [6, 6.07) is 0.621. The van der Waals surface area contributed by atoms with Crippen LogP contribution in [-0.2, 0) is 0 Å². The Balaban J connectivity index is 2.06. The molecule has 1 aromatic heterocycles. The molecule has 2 heteroatoms. The monoisotopic (exact) mass is 461 g/mol. The molecule has 0 aliphatic carbocycles. The molecule has 2 nitrogen and oxygen atoms in total. The van der Waals surface area contributed by atoms with E-state index in [1.807, 2.05) is 0 Å². The number of H-pyrrole nitrogens is 1. The topological polar surface area (TPSA) is 19.7 Å². The van der Waals surface area contributed by atoms with Gasteiger partial charge in [-0.1, -0.05) is 143 Å². The van der Waals surface area contributed by atoms with Crippen LogP contribution in [0.25, 0.3) is 0 Å². The average Bonchev–Trinajstić information content (AvgIpc) is 3.31. The van der Waals surface area contributed by atoms with Gasteiger partial charge in [-0.25, -0.2) is 9.55 Å². The second kappa shape index (κ2) is 21.7. The van der Waals surface area contributed by atoms with Crippen LogP contribution in [0.3, 0.4) is 0 Å². The number of nitrogens with zero attached hydrogens (tertiary/aromatic N) is 1. The summed E-state index contributed by atoms with van der Waals surface area (Å²) in [6.45, 7) is 9.43. The molecule has 0 fully saturated rings. The Kier molecular flexibility index (Phi) is 19.9. The maximum atomic E-state index is 3.57. The molecule has 0 bridgehead atoms. The third-order valence-electron chi connectivity index (χ3n) is 7.65. The van der Waals surface area contributed by atoms with Crippen LogP contribution in [0.5, 0.6) is 0 Å². The summed E-state index contributed by atoms with van der Waals surface area (Å²) >= 11 is 0. The lowest BCUT2D eigenvalue weighted by Crippen LogP contribution is -2.40. The molecule has 1 heterocycles. The Labute approximate surface area is 208 Å². The van der Waals surface area contributed by atoms with Crippen molar-refractivity contribution in [2.45, 2.75) is 181 Å². The lowest BCUT2D eigenvalue weighted by atomic mass is 10.00. The van der Waals surface area contributed by atoms with Gasteiger partial charge in [0.15, 0.2) is 0 Å². The van der Waals surface area contributed by atoms with E-state index in [2.05, 4.69) is 49.6 Å². The van der Waals surface area contributed by atoms with Crippen molar-refractivity contribution >= 4 is 0 Å². The van der Waals surface area contributed by atoms with E-state index in [-0.39, 0.29) is 0 Å². The number of hydrogen-bond acceptors (Lipinski definition) is 0. The van der Waals surface area contributed by atoms with Crippen LogP contribution >= 0.6 is 0 Å². The summed E-state index contributed by atoms with van der Waals surface area (Å²) < 4.78 is 2.53. The fraction of sp³-hybridized carbons (Fsp3) is 0.903. The number of unbranched alkanes of at least 4 members (excludes halogenated alkanes) is 18. The Morgan fingerprint density at radius 2 is 0.970 bits per heavy atom. The van der Waals surface area contributed by atoms with Gasteiger partial charge in [-0.15, -0.1) is 0 Å². The Morgan fingerprint density at radius 3 is 1.42 bits per heavy atom. The number of nitrogens with one attached hydrogen (secondary N) is 1. The molecule has 2 unspecified atom stereocenters. The van der Waals surface area contributed by atoms with E-state index in [1.54, 1.807) is 0 Å². The molecule has 0 spiro atoms. The third-order valence-corrected chi connectivity index (χ3v) is 7.65. The molecule has 0 aromatic carbocycles. The second-order valence-corrected chi connectivity index (χ2v) is 10.9. The van der Waals surface area contributed by atoms with E-state index < -0.39 is 0 Å². The van der Waals surface area contributed by atoms with Crippen LogP contribution in [0, 0.1) is 0 Å². The lowest BCUT2D eigenvalue weighted by molar-refractivity contribution is -0.727. The van der Waals surface area contributed by atoms with Gasteiger partial charge in [-0.05, 0) is 26.2 Å². The van der Waals surface area contributed by atoms with E-state index >= 15 is 0 Å². The highest BCUT2D eigenvalue weighted by molar-refractivity contribution is 4.87. The van der Waals surface area contributed by atoms with Crippen molar-refractivity contribution in [3.63, 3.8) is 0 Å². The predicted octanol–water partition coefficient (Wildman–Crippen LogP) is 10.6. The predicted molar refractivity (Wildman–Crippen MR) is 147 cm³/mol. The highest BCUT2D eigenvalue weighted by Gasteiger charge is 2.22. The van der Waals surface area contributed by atoms with Crippen LogP contribution in [0.4, 0.5) is 0 Å². The van der Waals surface area contributed by atoms with Crippen LogP contribution in [0.2, 0.25) is 0 Å². The lowest BCUT2D eigenvalue weighted by Gasteiger charge is -2.14. The molecule has 0 radical (unpaired) electrons. The van der Waals surface area contributed by atoms with Crippen LogP contribution < -0.4 is 4.57 Å². The van der Waals surface area contributed by atoms with Gasteiger partial charge in [-0.2, -0.15) is 0 Å². The zero-order valence-corrected chi connectivity index (χ0v) is 23.3. The van der Waals surface area contributed by atoms with Crippen LogP contribution in [0.15, 0.2) is 12.4 Å². The van der Waals surface area contributed by atoms with Gasteiger partial charge in [0.25, 0.3) is 5.82 Å². The largest absolute Gasteiger partial charge is 0.257 e.